The zero-order chi connectivity index (χ0) is 12.7. The van der Waals surface area contributed by atoms with Crippen LogP contribution in [-0.2, 0) is 4.79 Å². The Labute approximate surface area is 99.6 Å². The van der Waals surface area contributed by atoms with Crippen LogP contribution < -0.4 is 21.7 Å². The highest BCUT2D eigenvalue weighted by molar-refractivity contribution is 5.93. The lowest BCUT2D eigenvalue weighted by atomic mass is 10.2. The highest BCUT2D eigenvalue weighted by Gasteiger charge is 2.02. The van der Waals surface area contributed by atoms with Crippen molar-refractivity contribution < 1.29 is 9.59 Å². The summed E-state index contributed by atoms with van der Waals surface area (Å²) in [4.78, 5) is 22.1. The van der Waals surface area contributed by atoms with E-state index in [2.05, 4.69) is 16.0 Å². The number of amides is 3. The standard InChI is InChI=1S/C11H16N4O2/c1-13-6-5-10(16)14-8-3-2-4-9(7-8)15-11(12)17/h2-4,7,13H,5-6H2,1H3,(H,14,16)(H3,12,15,17). The molecule has 0 unspecified atom stereocenters. The van der Waals surface area contributed by atoms with Gasteiger partial charge in [0.15, 0.2) is 0 Å². The molecule has 3 amide bonds. The maximum absolute atomic E-state index is 11.4. The molecule has 0 atom stereocenters. The molecule has 0 spiro atoms. The van der Waals surface area contributed by atoms with Crippen LogP contribution in [0.1, 0.15) is 6.42 Å². The highest BCUT2D eigenvalue weighted by atomic mass is 16.2. The monoisotopic (exact) mass is 236 g/mol. The van der Waals surface area contributed by atoms with E-state index in [-0.39, 0.29) is 5.91 Å². The number of anilines is 2. The van der Waals surface area contributed by atoms with E-state index in [0.29, 0.717) is 24.3 Å². The second-order valence-corrected chi connectivity index (χ2v) is 3.47. The van der Waals surface area contributed by atoms with Crippen molar-refractivity contribution in [2.24, 2.45) is 5.73 Å². The highest BCUT2D eigenvalue weighted by Crippen LogP contribution is 2.14. The smallest absolute Gasteiger partial charge is 0.316 e. The minimum absolute atomic E-state index is 0.0874. The Morgan fingerprint density at radius 1 is 1.24 bits per heavy atom. The Morgan fingerprint density at radius 3 is 2.47 bits per heavy atom. The first-order valence-electron chi connectivity index (χ1n) is 5.23. The van der Waals surface area contributed by atoms with Crippen LogP contribution >= 0.6 is 0 Å². The molecule has 0 radical (unpaired) electrons. The molecule has 92 valence electrons. The van der Waals surface area contributed by atoms with E-state index in [0.717, 1.165) is 0 Å². The van der Waals surface area contributed by atoms with E-state index in [1.807, 2.05) is 0 Å². The zero-order valence-electron chi connectivity index (χ0n) is 9.62. The normalized spacial score (nSPS) is 9.71. The van der Waals surface area contributed by atoms with Crippen molar-refractivity contribution >= 4 is 23.3 Å². The molecule has 0 aliphatic heterocycles. The Balaban J connectivity index is 2.59. The van der Waals surface area contributed by atoms with Crippen molar-refractivity contribution in [3.63, 3.8) is 0 Å². The minimum Gasteiger partial charge on any atom is -0.351 e. The van der Waals surface area contributed by atoms with E-state index >= 15 is 0 Å². The van der Waals surface area contributed by atoms with Crippen LogP contribution in [0.2, 0.25) is 0 Å². The van der Waals surface area contributed by atoms with Crippen molar-refractivity contribution in [1.82, 2.24) is 5.32 Å². The predicted octanol–water partition coefficient (Wildman–Crippen LogP) is 0.725. The topological polar surface area (TPSA) is 96.2 Å². The second kappa shape index (κ2) is 6.49. The maximum atomic E-state index is 11.4. The summed E-state index contributed by atoms with van der Waals surface area (Å²) in [6.45, 7) is 0.616. The van der Waals surface area contributed by atoms with Gasteiger partial charge in [0.2, 0.25) is 5.91 Å². The molecule has 1 aromatic rings. The number of nitrogens with one attached hydrogen (secondary N) is 3. The van der Waals surface area contributed by atoms with Crippen molar-refractivity contribution in [3.05, 3.63) is 24.3 Å². The third-order valence-electron chi connectivity index (χ3n) is 2.02. The number of rotatable bonds is 5. The van der Waals surface area contributed by atoms with Gasteiger partial charge in [-0.05, 0) is 25.2 Å². The first-order valence-corrected chi connectivity index (χ1v) is 5.23. The molecule has 17 heavy (non-hydrogen) atoms. The number of primary amides is 1. The molecule has 0 saturated heterocycles. The molecule has 0 heterocycles. The summed E-state index contributed by atoms with van der Waals surface area (Å²) in [5.74, 6) is -0.0874. The summed E-state index contributed by atoms with van der Waals surface area (Å²) < 4.78 is 0. The average molecular weight is 236 g/mol. The van der Waals surface area contributed by atoms with Crippen LogP contribution in [0.25, 0.3) is 0 Å². The van der Waals surface area contributed by atoms with Crippen LogP contribution in [0, 0.1) is 0 Å². The fourth-order valence-electron chi connectivity index (χ4n) is 1.28. The van der Waals surface area contributed by atoms with E-state index in [1.165, 1.54) is 0 Å². The summed E-state index contributed by atoms with van der Waals surface area (Å²) in [7, 11) is 1.78. The number of nitrogens with two attached hydrogens (primary N) is 1. The average Bonchev–Trinajstić information content (AvgIpc) is 2.26. The molecular weight excluding hydrogens is 220 g/mol. The summed E-state index contributed by atoms with van der Waals surface area (Å²) >= 11 is 0. The zero-order valence-corrected chi connectivity index (χ0v) is 9.62. The number of carbonyl (C=O) groups excluding carboxylic acids is 2. The van der Waals surface area contributed by atoms with Crippen molar-refractivity contribution in [2.45, 2.75) is 6.42 Å². The van der Waals surface area contributed by atoms with E-state index in [4.69, 9.17) is 5.73 Å². The van der Waals surface area contributed by atoms with Gasteiger partial charge < -0.3 is 21.7 Å². The van der Waals surface area contributed by atoms with Gasteiger partial charge in [0, 0.05) is 24.3 Å². The van der Waals surface area contributed by atoms with Gasteiger partial charge in [-0.25, -0.2) is 4.79 Å². The van der Waals surface area contributed by atoms with Crippen LogP contribution in [0.5, 0.6) is 0 Å². The lowest BCUT2D eigenvalue weighted by Gasteiger charge is -2.07. The van der Waals surface area contributed by atoms with Crippen LogP contribution in [0.3, 0.4) is 0 Å². The van der Waals surface area contributed by atoms with Crippen LogP contribution in [-0.4, -0.2) is 25.5 Å². The molecule has 6 heteroatoms. The Bertz CT molecular complexity index is 406. The molecular formula is C11H16N4O2. The molecule has 0 aliphatic rings. The van der Waals surface area contributed by atoms with Gasteiger partial charge in [0.05, 0.1) is 0 Å². The number of benzene rings is 1. The first kappa shape index (κ1) is 13.0. The Kier molecular flexibility index (Phi) is 4.96. The summed E-state index contributed by atoms with van der Waals surface area (Å²) in [5, 5.41) is 8.04. The van der Waals surface area contributed by atoms with Crippen LogP contribution in [0.4, 0.5) is 16.2 Å². The van der Waals surface area contributed by atoms with E-state index in [9.17, 15) is 9.59 Å². The van der Waals surface area contributed by atoms with Gasteiger partial charge in [0.1, 0.15) is 0 Å². The molecule has 0 aliphatic carbocycles. The summed E-state index contributed by atoms with van der Waals surface area (Å²) in [6.07, 6.45) is 0.393. The van der Waals surface area contributed by atoms with Crippen LogP contribution in [0.15, 0.2) is 24.3 Å². The number of carbonyl (C=O) groups is 2. The number of hydrogen-bond donors (Lipinski definition) is 4. The van der Waals surface area contributed by atoms with Gasteiger partial charge in [-0.3, -0.25) is 4.79 Å². The van der Waals surface area contributed by atoms with Gasteiger partial charge >= 0.3 is 6.03 Å². The molecule has 0 bridgehead atoms. The molecule has 1 rings (SSSR count). The van der Waals surface area contributed by atoms with Crippen molar-refractivity contribution in [2.75, 3.05) is 24.2 Å². The lowest BCUT2D eigenvalue weighted by molar-refractivity contribution is -0.116. The van der Waals surface area contributed by atoms with Crippen molar-refractivity contribution in [3.8, 4) is 0 Å². The lowest BCUT2D eigenvalue weighted by Crippen LogP contribution is -2.20. The third-order valence-corrected chi connectivity index (χ3v) is 2.02. The summed E-state index contributed by atoms with van der Waals surface area (Å²) in [6, 6.07) is 6.15. The van der Waals surface area contributed by atoms with Gasteiger partial charge in [-0.15, -0.1) is 0 Å². The predicted molar refractivity (Wildman–Crippen MR) is 66.8 cm³/mol. The Hall–Kier alpha value is -2.08. The first-order chi connectivity index (χ1) is 8.11. The quantitative estimate of drug-likeness (QED) is 0.606. The molecule has 0 aromatic heterocycles. The van der Waals surface area contributed by atoms with Crippen molar-refractivity contribution in [1.29, 1.82) is 0 Å². The van der Waals surface area contributed by atoms with Gasteiger partial charge in [-0.2, -0.15) is 0 Å². The number of hydrogen-bond acceptors (Lipinski definition) is 3. The largest absolute Gasteiger partial charge is 0.351 e. The maximum Gasteiger partial charge on any atom is 0.316 e. The number of urea groups is 1. The van der Waals surface area contributed by atoms with Gasteiger partial charge in [0.25, 0.3) is 0 Å². The fraction of sp³-hybridized carbons (Fsp3) is 0.273. The van der Waals surface area contributed by atoms with E-state index < -0.39 is 6.03 Å². The minimum atomic E-state index is -0.636. The molecule has 1 aromatic carbocycles. The molecule has 0 saturated carbocycles. The molecule has 5 N–H and O–H groups in total. The SMILES string of the molecule is CNCCC(=O)Nc1cccc(NC(N)=O)c1. The van der Waals surface area contributed by atoms with Gasteiger partial charge in [-0.1, -0.05) is 6.07 Å². The van der Waals surface area contributed by atoms with E-state index in [1.54, 1.807) is 31.3 Å². The Morgan fingerprint density at radius 2 is 1.88 bits per heavy atom. The fourth-order valence-corrected chi connectivity index (χ4v) is 1.28. The molecule has 0 fully saturated rings. The second-order valence-electron chi connectivity index (χ2n) is 3.47. The summed E-state index contributed by atoms with van der Waals surface area (Å²) in [5.41, 5.74) is 6.16. The molecule has 6 nitrogen and oxygen atoms in total. The third kappa shape index (κ3) is 4.98.